The van der Waals surface area contributed by atoms with Crippen molar-refractivity contribution in [2.75, 3.05) is 30.0 Å². The Hall–Kier alpha value is -4.14. The van der Waals surface area contributed by atoms with Crippen LogP contribution in [0.2, 0.25) is 0 Å². The monoisotopic (exact) mass is 573 g/mol. The number of aliphatic imine (C=N–C) groups is 1. The molecule has 1 atom stereocenters. The number of hydrogen-bond donors (Lipinski definition) is 1. The van der Waals surface area contributed by atoms with Gasteiger partial charge in [-0.2, -0.15) is 0 Å². The van der Waals surface area contributed by atoms with Gasteiger partial charge >= 0.3 is 0 Å². The zero-order valence-corrected chi connectivity index (χ0v) is 26.0. The summed E-state index contributed by atoms with van der Waals surface area (Å²) < 4.78 is 16.5. The molecule has 2 aromatic carbocycles. The van der Waals surface area contributed by atoms with Crippen molar-refractivity contribution in [2.45, 2.75) is 67.7 Å². The normalized spacial score (nSPS) is 13.3. The summed E-state index contributed by atoms with van der Waals surface area (Å²) in [6.45, 7) is 15.6. The van der Waals surface area contributed by atoms with E-state index in [4.69, 9.17) is 9.72 Å². The highest BCUT2D eigenvalue weighted by molar-refractivity contribution is 5.87. The van der Waals surface area contributed by atoms with Crippen LogP contribution in [0.25, 0.3) is 11.0 Å². The van der Waals surface area contributed by atoms with Crippen molar-refractivity contribution in [3.63, 3.8) is 0 Å². The summed E-state index contributed by atoms with van der Waals surface area (Å²) in [5, 5.41) is 3.41. The van der Waals surface area contributed by atoms with E-state index in [9.17, 15) is 4.39 Å². The molecule has 9 heteroatoms. The van der Waals surface area contributed by atoms with E-state index in [2.05, 4.69) is 50.9 Å². The molecule has 0 spiro atoms. The maximum Gasteiger partial charge on any atom is 0.226 e. The predicted molar refractivity (Wildman–Crippen MR) is 173 cm³/mol. The minimum Gasteiger partial charge on any atom is -0.457 e. The Morgan fingerprint density at radius 2 is 1.76 bits per heavy atom. The SMILES string of the molecule is CC.CCC(C)C=Nc1cc(Oc2ccc(Nc3ncnc4cnc(N5CCCC5)nc34)cc2C)ccc1C.CCF. The number of alkyl halides is 1. The van der Waals surface area contributed by atoms with Gasteiger partial charge in [0.2, 0.25) is 5.95 Å². The van der Waals surface area contributed by atoms with Crippen molar-refractivity contribution in [3.05, 3.63) is 60.0 Å². The molecule has 42 heavy (non-hydrogen) atoms. The molecule has 1 aliphatic rings. The number of halogens is 1. The number of nitrogens with zero attached hydrogens (tertiary/aromatic N) is 6. The molecular formula is C33H44FN7O. The Morgan fingerprint density at radius 1 is 1.02 bits per heavy atom. The van der Waals surface area contributed by atoms with Gasteiger partial charge in [-0.3, -0.25) is 9.38 Å². The van der Waals surface area contributed by atoms with Crippen molar-refractivity contribution in [1.82, 2.24) is 19.9 Å². The fourth-order valence-electron chi connectivity index (χ4n) is 4.22. The number of benzene rings is 2. The van der Waals surface area contributed by atoms with Crippen LogP contribution in [0.15, 0.2) is 53.9 Å². The minimum absolute atomic E-state index is 0.250. The summed E-state index contributed by atoms with van der Waals surface area (Å²) >= 11 is 0. The lowest BCUT2D eigenvalue weighted by Crippen LogP contribution is -2.20. The number of aryl methyl sites for hydroxylation is 2. The number of ether oxygens (including phenoxy) is 1. The standard InChI is InChI=1S/C29H33N7O.C2H5F.C2H6/c1-5-19(2)16-30-24-15-23(10-8-20(24)3)37-26-11-9-22(14-21(26)4)34-28-27-25(32-18-33-28)17-31-29(35-27)36-12-6-7-13-36;1-2-3;1-2/h8-11,14-19H,5-7,12-13H2,1-4H3,(H,32,33,34);2H2,1H3;1-2H3. The van der Waals surface area contributed by atoms with Gasteiger partial charge in [0.1, 0.15) is 28.9 Å². The number of rotatable bonds is 8. The van der Waals surface area contributed by atoms with Crippen LogP contribution in [0, 0.1) is 19.8 Å². The molecule has 0 bridgehead atoms. The minimum atomic E-state index is -0.250. The highest BCUT2D eigenvalue weighted by Crippen LogP contribution is 2.32. The van der Waals surface area contributed by atoms with Crippen LogP contribution in [0.3, 0.4) is 0 Å². The molecule has 3 heterocycles. The summed E-state index contributed by atoms with van der Waals surface area (Å²) in [6, 6.07) is 12.0. The van der Waals surface area contributed by atoms with Gasteiger partial charge in [0.25, 0.3) is 0 Å². The van der Waals surface area contributed by atoms with Crippen LogP contribution >= 0.6 is 0 Å². The quantitative estimate of drug-likeness (QED) is 0.211. The molecule has 1 fully saturated rings. The summed E-state index contributed by atoms with van der Waals surface area (Å²) in [5.41, 5.74) is 5.37. The van der Waals surface area contributed by atoms with Crippen molar-refractivity contribution in [2.24, 2.45) is 10.9 Å². The molecule has 1 aliphatic heterocycles. The van der Waals surface area contributed by atoms with Gasteiger partial charge in [0.05, 0.1) is 18.6 Å². The lowest BCUT2D eigenvalue weighted by molar-refractivity contribution is 0.479. The molecule has 1 unspecified atom stereocenters. The highest BCUT2D eigenvalue weighted by Gasteiger charge is 2.17. The zero-order valence-electron chi connectivity index (χ0n) is 26.0. The highest BCUT2D eigenvalue weighted by atomic mass is 19.1. The second-order valence-electron chi connectivity index (χ2n) is 9.91. The Morgan fingerprint density at radius 3 is 2.45 bits per heavy atom. The van der Waals surface area contributed by atoms with Gasteiger partial charge in [0.15, 0.2) is 5.82 Å². The summed E-state index contributed by atoms with van der Waals surface area (Å²) in [7, 11) is 0. The number of aromatic nitrogens is 4. The van der Waals surface area contributed by atoms with Gasteiger partial charge in [0, 0.05) is 31.1 Å². The molecule has 2 aromatic heterocycles. The first kappa shape index (κ1) is 32.4. The molecule has 0 amide bonds. The van der Waals surface area contributed by atoms with E-state index in [1.165, 1.54) is 26.1 Å². The molecule has 0 aliphatic carbocycles. The fourth-order valence-corrected chi connectivity index (χ4v) is 4.22. The van der Waals surface area contributed by atoms with E-state index in [1.54, 1.807) is 6.20 Å². The van der Waals surface area contributed by atoms with Crippen molar-refractivity contribution >= 4 is 40.4 Å². The fraction of sp³-hybridized carbons (Fsp3) is 0.424. The van der Waals surface area contributed by atoms with Crippen molar-refractivity contribution in [1.29, 1.82) is 0 Å². The average Bonchev–Trinajstić information content (AvgIpc) is 3.55. The lowest BCUT2D eigenvalue weighted by Gasteiger charge is -2.16. The molecule has 4 aromatic rings. The molecule has 1 N–H and O–H groups in total. The molecule has 0 saturated carbocycles. The Bertz CT molecular complexity index is 1450. The summed E-state index contributed by atoms with van der Waals surface area (Å²) in [5.74, 6) is 3.38. The maximum atomic E-state index is 10.3. The van der Waals surface area contributed by atoms with Gasteiger partial charge in [-0.15, -0.1) is 0 Å². The predicted octanol–water partition coefficient (Wildman–Crippen LogP) is 8.92. The Kier molecular flexibility index (Phi) is 12.6. The number of fused-ring (bicyclic) bond motifs is 1. The van der Waals surface area contributed by atoms with Crippen LogP contribution in [-0.4, -0.2) is 45.9 Å². The number of nitrogens with one attached hydrogen (secondary N) is 1. The van der Waals surface area contributed by atoms with Crippen LogP contribution in [0.4, 0.5) is 27.5 Å². The van der Waals surface area contributed by atoms with Gasteiger partial charge < -0.3 is 15.0 Å². The van der Waals surface area contributed by atoms with Crippen LogP contribution in [0.1, 0.15) is 65.0 Å². The summed E-state index contributed by atoms with van der Waals surface area (Å²) in [4.78, 5) is 25.0. The van der Waals surface area contributed by atoms with Gasteiger partial charge in [-0.05, 0) is 81.3 Å². The molecule has 8 nitrogen and oxygen atoms in total. The number of anilines is 3. The number of hydrogen-bond acceptors (Lipinski definition) is 8. The Labute approximate surface area is 249 Å². The van der Waals surface area contributed by atoms with Crippen LogP contribution in [-0.2, 0) is 0 Å². The van der Waals surface area contributed by atoms with Crippen molar-refractivity contribution in [3.8, 4) is 11.5 Å². The first-order valence-electron chi connectivity index (χ1n) is 14.9. The third-order valence-electron chi connectivity index (χ3n) is 6.71. The smallest absolute Gasteiger partial charge is 0.226 e. The molecular weight excluding hydrogens is 529 g/mol. The average molecular weight is 574 g/mol. The van der Waals surface area contributed by atoms with E-state index in [-0.39, 0.29) is 6.67 Å². The zero-order chi connectivity index (χ0) is 30.5. The van der Waals surface area contributed by atoms with E-state index >= 15 is 0 Å². The topological polar surface area (TPSA) is 88.4 Å². The Balaban J connectivity index is 0.000000910. The first-order valence-corrected chi connectivity index (χ1v) is 14.9. The second-order valence-corrected chi connectivity index (χ2v) is 9.91. The van der Waals surface area contributed by atoms with Crippen LogP contribution in [0.5, 0.6) is 11.5 Å². The first-order chi connectivity index (χ1) is 20.4. The molecule has 0 radical (unpaired) electrons. The van der Waals surface area contributed by atoms with Crippen LogP contribution < -0.4 is 15.0 Å². The maximum absolute atomic E-state index is 10.3. The third-order valence-corrected chi connectivity index (χ3v) is 6.71. The third kappa shape index (κ3) is 8.68. The van der Waals surface area contributed by atoms with E-state index < -0.39 is 0 Å². The van der Waals surface area contributed by atoms with E-state index in [0.717, 1.165) is 59.5 Å². The van der Waals surface area contributed by atoms with E-state index in [1.807, 2.05) is 63.4 Å². The molecule has 1 saturated heterocycles. The second kappa shape index (κ2) is 16.3. The lowest BCUT2D eigenvalue weighted by atomic mass is 10.1. The largest absolute Gasteiger partial charge is 0.457 e. The summed E-state index contributed by atoms with van der Waals surface area (Å²) in [6.07, 6.45) is 8.71. The molecule has 5 rings (SSSR count). The van der Waals surface area contributed by atoms with Gasteiger partial charge in [-0.25, -0.2) is 19.9 Å². The van der Waals surface area contributed by atoms with Gasteiger partial charge in [-0.1, -0.05) is 33.8 Å². The molecule has 224 valence electrons. The van der Waals surface area contributed by atoms with Crippen molar-refractivity contribution < 1.29 is 9.13 Å². The van der Waals surface area contributed by atoms with E-state index in [0.29, 0.717) is 22.8 Å².